The van der Waals surface area contributed by atoms with Crippen molar-refractivity contribution in [2.75, 3.05) is 42.0 Å². The maximum Gasteiger partial charge on any atom is 0.242 e. The number of amides is 4. The number of hydrogen-bond acceptors (Lipinski definition) is 11. The third-order valence-corrected chi connectivity index (χ3v) is 15.3. The van der Waals surface area contributed by atoms with Gasteiger partial charge in [0.25, 0.3) is 0 Å². The van der Waals surface area contributed by atoms with Gasteiger partial charge in [0.2, 0.25) is 23.6 Å². The van der Waals surface area contributed by atoms with Gasteiger partial charge in [0.05, 0.1) is 51.7 Å². The van der Waals surface area contributed by atoms with Crippen LogP contribution < -0.4 is 19.4 Å². The van der Waals surface area contributed by atoms with Crippen LogP contribution in [-0.2, 0) is 26.2 Å². The van der Waals surface area contributed by atoms with Gasteiger partial charge in [-0.15, -0.1) is 11.3 Å². The highest BCUT2D eigenvalue weighted by atomic mass is 35.5. The van der Waals surface area contributed by atoms with Crippen LogP contribution >= 0.6 is 22.9 Å². The topological polar surface area (TPSA) is 150 Å². The zero-order valence-electron chi connectivity index (χ0n) is 36.4. The van der Waals surface area contributed by atoms with Gasteiger partial charge in [-0.05, 0) is 128 Å². The van der Waals surface area contributed by atoms with Gasteiger partial charge < -0.3 is 14.7 Å². The van der Waals surface area contributed by atoms with Gasteiger partial charge in [-0.2, -0.15) is 15.3 Å². The van der Waals surface area contributed by atoms with Crippen LogP contribution in [0.15, 0.2) is 119 Å². The van der Waals surface area contributed by atoms with Crippen molar-refractivity contribution in [3.05, 3.63) is 125 Å². The molecule has 13 nitrogen and oxygen atoms in total. The molecule has 0 bridgehead atoms. The minimum Gasteiger partial charge on any atom is -0.491 e. The minimum absolute atomic E-state index is 0.118. The fourth-order valence-corrected chi connectivity index (χ4v) is 11.9. The van der Waals surface area contributed by atoms with Crippen molar-refractivity contribution in [3.63, 3.8) is 0 Å². The number of allylic oxidation sites excluding steroid dienone is 2. The van der Waals surface area contributed by atoms with Crippen LogP contribution in [0.4, 0.5) is 28.6 Å². The van der Waals surface area contributed by atoms with Gasteiger partial charge >= 0.3 is 0 Å². The summed E-state index contributed by atoms with van der Waals surface area (Å²) in [5.74, 6) is -3.75. The molecule has 0 spiro atoms. The van der Waals surface area contributed by atoms with Crippen LogP contribution in [0.5, 0.6) is 5.75 Å². The second-order valence-electron chi connectivity index (χ2n) is 17.6. The van der Waals surface area contributed by atoms with E-state index in [1.807, 2.05) is 93.5 Å². The SMILES string of the molecule is Cc1c(-c2cc(N3C(=O)[C@@H]4C[C@@H]5C(=CC[C@@H]6C(=O)N(c7ccc(N=Nc8ccc(N(C)C)cc8)cc7)C(=O)[C@@H]65)[C@H](c5ccc(OCCO)cc5)[C@]4(C)C3=O)n(C)n2)sc2ccc(Cl)cc12. The van der Waals surface area contributed by atoms with Gasteiger partial charge in [-0.25, -0.2) is 4.90 Å². The van der Waals surface area contributed by atoms with E-state index in [0.717, 1.165) is 37.4 Å². The molecule has 0 unspecified atom stereocenters. The number of carbonyl (C=O) groups is 4. The van der Waals surface area contributed by atoms with Gasteiger partial charge in [0.1, 0.15) is 23.9 Å². The number of aliphatic hydroxyl groups is 1. The second kappa shape index (κ2) is 16.2. The molecule has 6 aromatic rings. The lowest BCUT2D eigenvalue weighted by Gasteiger charge is -2.49. The largest absolute Gasteiger partial charge is 0.491 e. The lowest BCUT2D eigenvalue weighted by molar-refractivity contribution is -0.131. The summed E-state index contributed by atoms with van der Waals surface area (Å²) in [6.07, 6.45) is 2.56. The van der Waals surface area contributed by atoms with Crippen molar-refractivity contribution in [2.45, 2.75) is 32.6 Å². The molecule has 1 N–H and O–H groups in total. The summed E-state index contributed by atoms with van der Waals surface area (Å²) in [4.78, 5) is 64.9. The average Bonchev–Trinajstić information content (AvgIpc) is 3.98. The van der Waals surface area contributed by atoms with E-state index in [0.29, 0.717) is 45.8 Å². The summed E-state index contributed by atoms with van der Waals surface area (Å²) in [6, 6.07) is 29.5. The molecule has 2 aliphatic heterocycles. The number of benzene rings is 4. The molecule has 10 rings (SSSR count). The number of thiophene rings is 1. The lowest BCUT2D eigenvalue weighted by Crippen LogP contribution is -2.48. The second-order valence-corrected chi connectivity index (χ2v) is 19.1. The molecule has 6 atom stereocenters. The number of rotatable bonds is 10. The molecule has 15 heteroatoms. The van der Waals surface area contributed by atoms with E-state index >= 15 is 9.59 Å². The molecule has 4 amide bonds. The Morgan fingerprint density at radius 2 is 1.57 bits per heavy atom. The minimum atomic E-state index is -1.25. The number of nitrogens with zero attached hydrogens (tertiary/aromatic N) is 7. The first-order valence-corrected chi connectivity index (χ1v) is 22.8. The molecule has 2 aromatic heterocycles. The van der Waals surface area contributed by atoms with Gasteiger partial charge in [0.15, 0.2) is 0 Å². The first-order chi connectivity index (χ1) is 31.3. The molecule has 4 aromatic carbocycles. The van der Waals surface area contributed by atoms with Crippen LogP contribution in [0.25, 0.3) is 20.7 Å². The number of imide groups is 2. The molecule has 0 radical (unpaired) electrons. The van der Waals surface area contributed by atoms with Gasteiger partial charge in [0, 0.05) is 48.5 Å². The zero-order chi connectivity index (χ0) is 45.5. The monoisotopic (exact) mass is 907 g/mol. The summed E-state index contributed by atoms with van der Waals surface area (Å²) in [7, 11) is 5.67. The number of halogens is 1. The van der Waals surface area contributed by atoms with Crippen molar-refractivity contribution in [1.29, 1.82) is 0 Å². The number of aromatic nitrogens is 2. The summed E-state index contributed by atoms with van der Waals surface area (Å²) in [6.45, 7) is 3.85. The molecule has 330 valence electrons. The maximum atomic E-state index is 15.3. The Labute approximate surface area is 384 Å². The van der Waals surface area contributed by atoms with E-state index in [4.69, 9.17) is 21.4 Å². The van der Waals surface area contributed by atoms with E-state index in [-0.39, 0.29) is 43.3 Å². The van der Waals surface area contributed by atoms with E-state index in [9.17, 15) is 14.7 Å². The molecule has 1 saturated carbocycles. The Morgan fingerprint density at radius 1 is 0.877 bits per heavy atom. The summed E-state index contributed by atoms with van der Waals surface area (Å²) in [5.41, 5.74) is 4.77. The predicted octanol–water partition coefficient (Wildman–Crippen LogP) is 9.55. The Kier molecular flexibility index (Phi) is 10.6. The highest BCUT2D eigenvalue weighted by molar-refractivity contribution is 7.22. The van der Waals surface area contributed by atoms with Crippen molar-refractivity contribution in [3.8, 4) is 16.3 Å². The first-order valence-electron chi connectivity index (χ1n) is 21.6. The fourth-order valence-electron chi connectivity index (χ4n) is 10.6. The zero-order valence-corrected chi connectivity index (χ0v) is 38.0. The third kappa shape index (κ3) is 6.88. The highest BCUT2D eigenvalue weighted by Crippen LogP contribution is 2.64. The molecule has 65 heavy (non-hydrogen) atoms. The Hall–Kier alpha value is -6.48. The highest BCUT2D eigenvalue weighted by Gasteiger charge is 2.68. The number of aliphatic hydroxyl groups excluding tert-OH is 1. The van der Waals surface area contributed by atoms with Crippen LogP contribution in [0, 0.1) is 36.0 Å². The fraction of sp³-hybridized carbons (Fsp3) is 0.300. The van der Waals surface area contributed by atoms with E-state index in [2.05, 4.69) is 10.2 Å². The Bertz CT molecular complexity index is 2980. The predicted molar refractivity (Wildman–Crippen MR) is 251 cm³/mol. The van der Waals surface area contributed by atoms with Crippen molar-refractivity contribution in [2.24, 2.45) is 46.4 Å². The summed E-state index contributed by atoms with van der Waals surface area (Å²) >= 11 is 7.93. The number of carbonyl (C=O) groups excluding carboxylic acids is 4. The first kappa shape index (κ1) is 42.5. The van der Waals surface area contributed by atoms with Crippen LogP contribution in [0.2, 0.25) is 5.02 Å². The van der Waals surface area contributed by atoms with E-state index in [1.54, 1.807) is 65.5 Å². The Balaban J connectivity index is 0.986. The Morgan fingerprint density at radius 3 is 2.25 bits per heavy atom. The van der Waals surface area contributed by atoms with E-state index < -0.39 is 35.0 Å². The normalized spacial score (nSPS) is 23.9. The van der Waals surface area contributed by atoms with Crippen molar-refractivity contribution in [1.82, 2.24) is 9.78 Å². The average molecular weight is 908 g/mol. The summed E-state index contributed by atoms with van der Waals surface area (Å²) < 4.78 is 8.32. The molecule has 4 aliphatic rings. The number of aryl methyl sites for hydroxylation is 2. The molecular weight excluding hydrogens is 862 g/mol. The van der Waals surface area contributed by atoms with Gasteiger partial charge in [-0.1, -0.05) is 35.4 Å². The molecule has 2 aliphatic carbocycles. The number of anilines is 3. The molecule has 3 fully saturated rings. The van der Waals surface area contributed by atoms with E-state index in [1.165, 1.54) is 9.80 Å². The summed E-state index contributed by atoms with van der Waals surface area (Å²) in [5, 5.41) is 24.6. The lowest BCUT2D eigenvalue weighted by atomic mass is 9.51. The van der Waals surface area contributed by atoms with Crippen LogP contribution in [-0.4, -0.2) is 65.8 Å². The van der Waals surface area contributed by atoms with Crippen molar-refractivity contribution < 1.29 is 29.0 Å². The number of hydrogen-bond donors (Lipinski definition) is 1. The smallest absolute Gasteiger partial charge is 0.242 e. The molecule has 4 heterocycles. The number of fused-ring (bicyclic) bond motifs is 5. The number of ether oxygens (including phenoxy) is 1. The number of azo groups is 1. The van der Waals surface area contributed by atoms with Gasteiger partial charge in [-0.3, -0.25) is 28.8 Å². The molecule has 2 saturated heterocycles. The van der Waals surface area contributed by atoms with Crippen LogP contribution in [0.1, 0.15) is 36.8 Å². The third-order valence-electron chi connectivity index (χ3n) is 13.8. The van der Waals surface area contributed by atoms with Crippen molar-refractivity contribution >= 4 is 85.2 Å². The quantitative estimate of drug-likeness (QED) is 0.0812. The van der Waals surface area contributed by atoms with Crippen LogP contribution in [0.3, 0.4) is 0 Å². The molecular formula is C50H46ClN7O6S. The maximum absolute atomic E-state index is 15.3. The standard InChI is InChI=1S/C50H46ClN7O6S/c1-27-37-24-29(51)8-21-41(37)65-45(27)40-26-42(56(5)54-40)58-47(61)39-25-38-35(44(50(39,2)49(58)63)28-6-17-34(18-7-28)64-23-22-59)19-20-36-43(38)48(62)57(46(36)60)33-15-11-31(12-16-33)53-52-30-9-13-32(14-10-30)55(3)4/h6-19,21,24,26,36,38-39,43-44,59H,20,22-23,25H2,1-5H3/t36-,38+,39-,43-,44-,50+/m0/s1.